The first kappa shape index (κ1) is 42.0. The molecule has 0 bridgehead atoms. The van der Waals surface area contributed by atoms with Gasteiger partial charge in [0.1, 0.15) is 22.7 Å². The molecule has 2 aliphatic carbocycles. The van der Waals surface area contributed by atoms with Crippen LogP contribution in [0.25, 0.3) is 55.4 Å². The lowest BCUT2D eigenvalue weighted by Gasteiger charge is -2.24. The minimum Gasteiger partial charge on any atom is -0.486 e. The third kappa shape index (κ3) is 8.87. The quantitative estimate of drug-likeness (QED) is 0.126. The van der Waals surface area contributed by atoms with Gasteiger partial charge in [0.05, 0.1) is 21.8 Å². The molecule has 12 rings (SSSR count). The zero-order valence-electron chi connectivity index (χ0n) is 36.0. The number of nitrogens with two attached hydrogens (primary N) is 1. The molecule has 4 aromatic carbocycles. The van der Waals surface area contributed by atoms with E-state index >= 15 is 0 Å². The summed E-state index contributed by atoms with van der Waals surface area (Å²) in [5, 5.41) is 15.7. The summed E-state index contributed by atoms with van der Waals surface area (Å²) in [6.07, 6.45) is 21.0. The summed E-state index contributed by atoms with van der Waals surface area (Å²) in [5.74, 6) is 1.86. The summed E-state index contributed by atoms with van der Waals surface area (Å²) in [5.41, 5.74) is 7.32. The molecule has 0 spiro atoms. The van der Waals surface area contributed by atoms with Gasteiger partial charge in [0, 0.05) is 60.0 Å². The van der Waals surface area contributed by atoms with E-state index in [4.69, 9.17) is 19.6 Å². The first-order chi connectivity index (χ1) is 31.6. The molecule has 2 N–H and O–H groups in total. The van der Waals surface area contributed by atoms with Crippen LogP contribution in [0.15, 0.2) is 131 Å². The second kappa shape index (κ2) is 16.9. The number of likely N-dealkylation sites (tertiary alicyclic amines) is 2. The summed E-state index contributed by atoms with van der Waals surface area (Å²) in [6.45, 7) is 6.92. The molecule has 13 nitrogen and oxygen atoms in total. The van der Waals surface area contributed by atoms with Crippen molar-refractivity contribution in [1.29, 1.82) is 0 Å². The topological polar surface area (TPSA) is 145 Å². The maximum absolute atomic E-state index is 12.1. The van der Waals surface area contributed by atoms with Gasteiger partial charge in [0.15, 0.2) is 11.3 Å². The Morgan fingerprint density at radius 3 is 1.58 bits per heavy atom. The van der Waals surface area contributed by atoms with Gasteiger partial charge in [-0.3, -0.25) is 9.80 Å². The van der Waals surface area contributed by atoms with Gasteiger partial charge in [-0.25, -0.2) is 32.6 Å². The van der Waals surface area contributed by atoms with Gasteiger partial charge in [-0.1, -0.05) is 54.6 Å². The maximum Gasteiger partial charge on any atom is 0.238 e. The van der Waals surface area contributed by atoms with Crippen molar-refractivity contribution in [3.05, 3.63) is 127 Å². The number of hydrogen-bond donors (Lipinski definition) is 1. The molecule has 8 aromatic rings. The van der Waals surface area contributed by atoms with Gasteiger partial charge < -0.3 is 9.47 Å². The van der Waals surface area contributed by atoms with Crippen LogP contribution in [-0.4, -0.2) is 97.9 Å². The minimum atomic E-state index is -3.86. The number of hydrogen-bond acceptors (Lipinski definition) is 10. The number of rotatable bonds is 12. The van der Waals surface area contributed by atoms with Gasteiger partial charge in [0.25, 0.3) is 0 Å². The Labute approximate surface area is 386 Å². The number of aromatic nitrogens is 6. The Morgan fingerprint density at radius 2 is 1.06 bits per heavy atom. The van der Waals surface area contributed by atoms with Crippen LogP contribution >= 0.6 is 15.9 Å². The van der Waals surface area contributed by atoms with Crippen molar-refractivity contribution in [2.45, 2.75) is 67.5 Å². The first-order valence-corrected chi connectivity index (χ1v) is 24.8. The molecule has 2 saturated heterocycles. The average Bonchev–Trinajstić information content (AvgIpc) is 3.82. The highest BCUT2D eigenvalue weighted by Gasteiger charge is 2.48. The summed E-state index contributed by atoms with van der Waals surface area (Å²) in [4.78, 5) is 14.4. The Bertz CT molecular complexity index is 3140. The van der Waals surface area contributed by atoms with E-state index < -0.39 is 10.0 Å². The lowest BCUT2D eigenvalue weighted by atomic mass is 10.00. The van der Waals surface area contributed by atoms with E-state index in [1.165, 1.54) is 64.7 Å². The van der Waals surface area contributed by atoms with Crippen molar-refractivity contribution in [3.63, 3.8) is 0 Å². The highest BCUT2D eigenvalue weighted by atomic mass is 79.9. The van der Waals surface area contributed by atoms with Crippen molar-refractivity contribution in [3.8, 4) is 44.9 Å². The monoisotopic (exact) mass is 951 g/mol. The Morgan fingerprint density at radius 1 is 0.569 bits per heavy atom. The summed E-state index contributed by atoms with van der Waals surface area (Å²) < 4.78 is 41.5. The molecule has 0 unspecified atom stereocenters. The second-order valence-corrected chi connectivity index (χ2v) is 20.4. The van der Waals surface area contributed by atoms with E-state index in [0.717, 1.165) is 86.3 Å². The van der Waals surface area contributed by atoms with E-state index in [2.05, 4.69) is 77.3 Å². The molecule has 15 heteroatoms. The molecule has 332 valence electrons. The van der Waals surface area contributed by atoms with Gasteiger partial charge in [-0.2, -0.15) is 10.2 Å². The van der Waals surface area contributed by atoms with Crippen molar-refractivity contribution in [1.82, 2.24) is 39.0 Å². The summed E-state index contributed by atoms with van der Waals surface area (Å²) in [6, 6.07) is 27.2. The smallest absolute Gasteiger partial charge is 0.238 e. The van der Waals surface area contributed by atoms with Crippen molar-refractivity contribution in [2.75, 3.05) is 39.3 Å². The molecule has 4 aliphatic rings. The fourth-order valence-electron chi connectivity index (χ4n) is 9.45. The van der Waals surface area contributed by atoms with Crippen LogP contribution in [0.4, 0.5) is 0 Å². The SMILES string of the molecule is Brc1cnn2cc(-c3ccc(OC4(CN5CCCC5)CC4)cc3)cnc12.NS(=O)(=O)c1ccc(-c2cnn3cc(-c4ccc(OC5(CN6CCCC6)CC5)cc4)cnc23)c2ccccc12. The molecule has 2 aliphatic heterocycles. The fraction of sp³-hybridized carbons (Fsp3) is 0.320. The van der Waals surface area contributed by atoms with Gasteiger partial charge in [-0.05, 0) is 146 Å². The Balaban J connectivity index is 0.000000156. The minimum absolute atomic E-state index is 0.0193. The van der Waals surface area contributed by atoms with E-state index in [-0.39, 0.29) is 16.1 Å². The summed E-state index contributed by atoms with van der Waals surface area (Å²) >= 11 is 3.46. The zero-order valence-corrected chi connectivity index (χ0v) is 38.4. The van der Waals surface area contributed by atoms with E-state index in [9.17, 15) is 8.42 Å². The lowest BCUT2D eigenvalue weighted by molar-refractivity contribution is 0.126. The van der Waals surface area contributed by atoms with Gasteiger partial charge in [0.2, 0.25) is 10.0 Å². The Kier molecular flexibility index (Phi) is 10.9. The number of benzene rings is 4. The summed E-state index contributed by atoms with van der Waals surface area (Å²) in [7, 11) is -3.86. The van der Waals surface area contributed by atoms with Crippen molar-refractivity contribution >= 4 is 48.0 Å². The van der Waals surface area contributed by atoms with Crippen molar-refractivity contribution in [2.24, 2.45) is 5.14 Å². The zero-order chi connectivity index (χ0) is 44.2. The van der Waals surface area contributed by atoms with E-state index in [1.807, 2.05) is 49.1 Å². The maximum atomic E-state index is 12.1. The first-order valence-electron chi connectivity index (χ1n) is 22.5. The van der Waals surface area contributed by atoms with Crippen molar-refractivity contribution < 1.29 is 17.9 Å². The predicted molar refractivity (Wildman–Crippen MR) is 255 cm³/mol. The number of fused-ring (bicyclic) bond motifs is 3. The number of halogens is 1. The average molecular weight is 953 g/mol. The molecule has 4 fully saturated rings. The number of primary sulfonamides is 1. The molecule has 0 radical (unpaired) electrons. The third-order valence-corrected chi connectivity index (χ3v) is 14.8. The number of nitrogens with zero attached hydrogens (tertiary/aromatic N) is 8. The molecule has 2 saturated carbocycles. The molecule has 65 heavy (non-hydrogen) atoms. The van der Waals surface area contributed by atoms with Crippen LogP contribution in [0, 0.1) is 0 Å². The highest BCUT2D eigenvalue weighted by molar-refractivity contribution is 9.10. The molecule has 0 atom stereocenters. The van der Waals surface area contributed by atoms with Crippen LogP contribution in [0.2, 0.25) is 0 Å². The van der Waals surface area contributed by atoms with Crippen LogP contribution in [0.5, 0.6) is 11.5 Å². The standard InChI is InChI=1S/C30H29N5O3S.C20H21BrN4O/c31-39(36,37)28-12-11-25(24-5-1-2-6-26(24)28)27-18-33-35-19-22(17-32-29(27)35)21-7-9-23(10-8-21)38-30(13-14-30)20-34-15-3-4-16-34;21-18-12-23-25-13-16(11-22-19(18)25)15-3-5-17(6-4-15)26-20(7-8-20)14-24-9-1-2-10-24/h1-2,5-12,17-19H,3-4,13-16,20H2,(H2,31,36,37);3-6,11-13H,1-2,7-10,14H2. The predicted octanol–water partition coefficient (Wildman–Crippen LogP) is 9.04. The van der Waals surface area contributed by atoms with Gasteiger partial charge >= 0.3 is 0 Å². The van der Waals surface area contributed by atoms with Crippen LogP contribution in [0.1, 0.15) is 51.4 Å². The normalized spacial score (nSPS) is 17.9. The van der Waals surface area contributed by atoms with E-state index in [1.54, 1.807) is 45.7 Å². The van der Waals surface area contributed by atoms with E-state index in [0.29, 0.717) is 11.0 Å². The van der Waals surface area contributed by atoms with Gasteiger partial charge in [-0.15, -0.1) is 0 Å². The number of ether oxygens (including phenoxy) is 2. The third-order valence-electron chi connectivity index (χ3n) is 13.2. The molecule has 6 heterocycles. The Hall–Kier alpha value is -5.71. The molecular weight excluding hydrogens is 903 g/mol. The van der Waals surface area contributed by atoms with Crippen LogP contribution < -0.4 is 14.6 Å². The molecule has 0 amide bonds. The lowest BCUT2D eigenvalue weighted by Crippen LogP contribution is -2.35. The number of sulfonamides is 1. The molecule has 4 aromatic heterocycles. The molecular formula is C50H50BrN9O4S. The van der Waals surface area contributed by atoms with Crippen LogP contribution in [0.3, 0.4) is 0 Å². The fourth-order valence-corrected chi connectivity index (χ4v) is 10.6. The largest absolute Gasteiger partial charge is 0.486 e. The second-order valence-electron chi connectivity index (χ2n) is 18.1. The highest BCUT2D eigenvalue weighted by Crippen LogP contribution is 2.43. The van der Waals surface area contributed by atoms with Crippen LogP contribution in [-0.2, 0) is 10.0 Å².